The Balaban J connectivity index is 2.37. The van der Waals surface area contributed by atoms with Crippen LogP contribution in [0, 0.1) is 0 Å². The summed E-state index contributed by atoms with van der Waals surface area (Å²) in [5, 5.41) is 0. The molecule has 0 spiro atoms. The van der Waals surface area contributed by atoms with Gasteiger partial charge in [-0.3, -0.25) is 4.98 Å². The Morgan fingerprint density at radius 3 is 2.15 bits per heavy atom. The van der Waals surface area contributed by atoms with Crippen LogP contribution < -0.4 is 14.2 Å². The first-order valence-electron chi connectivity index (χ1n) is 6.17. The summed E-state index contributed by atoms with van der Waals surface area (Å²) in [6.45, 7) is 0. The van der Waals surface area contributed by atoms with Gasteiger partial charge in [0.2, 0.25) is 0 Å². The molecular weight excluding hydrogens is 254 g/mol. The molecule has 0 aliphatic rings. The normalized spacial score (nSPS) is 10.6. The number of rotatable bonds is 5. The lowest BCUT2D eigenvalue weighted by atomic mass is 10.1. The quantitative estimate of drug-likeness (QED) is 0.836. The van der Waals surface area contributed by atoms with Crippen LogP contribution in [-0.4, -0.2) is 26.3 Å². The van der Waals surface area contributed by atoms with Crippen LogP contribution in [0.15, 0.2) is 36.5 Å². The molecular formula is C16H17NO3. The number of methoxy groups -OCH3 is 3. The minimum Gasteiger partial charge on any atom is -0.496 e. The van der Waals surface area contributed by atoms with E-state index >= 15 is 0 Å². The van der Waals surface area contributed by atoms with Gasteiger partial charge in [0.05, 0.1) is 27.0 Å². The van der Waals surface area contributed by atoms with Gasteiger partial charge in [0.1, 0.15) is 5.75 Å². The van der Waals surface area contributed by atoms with Crippen molar-refractivity contribution in [2.75, 3.05) is 21.3 Å². The smallest absolute Gasteiger partial charge is 0.164 e. The monoisotopic (exact) mass is 271 g/mol. The van der Waals surface area contributed by atoms with Gasteiger partial charge in [0.15, 0.2) is 11.5 Å². The van der Waals surface area contributed by atoms with Crippen molar-refractivity contribution in [3.63, 3.8) is 0 Å². The highest BCUT2D eigenvalue weighted by Crippen LogP contribution is 2.35. The van der Waals surface area contributed by atoms with Gasteiger partial charge in [0, 0.05) is 17.8 Å². The van der Waals surface area contributed by atoms with Crippen molar-refractivity contribution < 1.29 is 14.2 Å². The van der Waals surface area contributed by atoms with Gasteiger partial charge in [-0.05, 0) is 30.4 Å². The number of benzene rings is 1. The number of hydrogen-bond acceptors (Lipinski definition) is 4. The van der Waals surface area contributed by atoms with Crippen molar-refractivity contribution in [1.82, 2.24) is 4.98 Å². The van der Waals surface area contributed by atoms with Crippen LogP contribution in [-0.2, 0) is 0 Å². The van der Waals surface area contributed by atoms with Crippen LogP contribution in [0.2, 0.25) is 0 Å². The molecule has 0 unspecified atom stereocenters. The van der Waals surface area contributed by atoms with Gasteiger partial charge in [-0.25, -0.2) is 0 Å². The molecule has 0 bridgehead atoms. The van der Waals surface area contributed by atoms with Crippen molar-refractivity contribution in [3.05, 3.63) is 47.8 Å². The van der Waals surface area contributed by atoms with E-state index in [4.69, 9.17) is 14.2 Å². The van der Waals surface area contributed by atoms with Crippen molar-refractivity contribution in [2.45, 2.75) is 0 Å². The fourth-order valence-corrected chi connectivity index (χ4v) is 1.83. The van der Waals surface area contributed by atoms with Crippen LogP contribution >= 0.6 is 0 Å². The Morgan fingerprint density at radius 1 is 0.850 bits per heavy atom. The Hall–Kier alpha value is -2.49. The lowest BCUT2D eigenvalue weighted by molar-refractivity contribution is 0.348. The predicted molar refractivity (Wildman–Crippen MR) is 79.3 cm³/mol. The van der Waals surface area contributed by atoms with Crippen molar-refractivity contribution in [3.8, 4) is 17.2 Å². The fourth-order valence-electron chi connectivity index (χ4n) is 1.83. The topological polar surface area (TPSA) is 40.6 Å². The summed E-state index contributed by atoms with van der Waals surface area (Å²) >= 11 is 0. The molecule has 4 nitrogen and oxygen atoms in total. The average molecular weight is 271 g/mol. The lowest BCUT2D eigenvalue weighted by Crippen LogP contribution is -1.94. The number of ether oxygens (including phenoxy) is 3. The third-order valence-electron chi connectivity index (χ3n) is 2.86. The van der Waals surface area contributed by atoms with Gasteiger partial charge in [-0.2, -0.15) is 0 Å². The Bertz CT molecular complexity index is 594. The molecule has 0 amide bonds. The van der Waals surface area contributed by atoms with E-state index in [-0.39, 0.29) is 0 Å². The zero-order valence-electron chi connectivity index (χ0n) is 11.8. The molecule has 0 aliphatic carbocycles. The number of pyridine rings is 1. The third-order valence-corrected chi connectivity index (χ3v) is 2.86. The van der Waals surface area contributed by atoms with Gasteiger partial charge in [0.25, 0.3) is 0 Å². The fraction of sp³-hybridized carbons (Fsp3) is 0.188. The van der Waals surface area contributed by atoms with E-state index < -0.39 is 0 Å². The molecule has 0 atom stereocenters. The average Bonchev–Trinajstić information content (AvgIpc) is 2.52. The number of nitrogens with zero attached hydrogens (tertiary/aromatic N) is 1. The summed E-state index contributed by atoms with van der Waals surface area (Å²) in [5.41, 5.74) is 1.78. The Labute approximate surface area is 118 Å². The molecule has 1 aromatic carbocycles. The van der Waals surface area contributed by atoms with Crippen LogP contribution in [0.25, 0.3) is 12.2 Å². The van der Waals surface area contributed by atoms with Crippen molar-refractivity contribution >= 4 is 12.2 Å². The highest BCUT2D eigenvalue weighted by molar-refractivity contribution is 5.73. The van der Waals surface area contributed by atoms with E-state index in [2.05, 4.69) is 4.98 Å². The molecule has 0 saturated heterocycles. The van der Waals surface area contributed by atoms with Crippen LogP contribution in [0.5, 0.6) is 17.2 Å². The molecule has 1 heterocycles. The highest BCUT2D eigenvalue weighted by atomic mass is 16.5. The first-order valence-corrected chi connectivity index (χ1v) is 6.17. The summed E-state index contributed by atoms with van der Waals surface area (Å²) < 4.78 is 15.9. The molecule has 2 rings (SSSR count). The van der Waals surface area contributed by atoms with Crippen molar-refractivity contribution in [2.24, 2.45) is 0 Å². The zero-order chi connectivity index (χ0) is 14.4. The van der Waals surface area contributed by atoms with E-state index in [1.54, 1.807) is 33.6 Å². The summed E-state index contributed by atoms with van der Waals surface area (Å²) in [6.07, 6.45) is 5.61. The van der Waals surface area contributed by atoms with Crippen LogP contribution in [0.3, 0.4) is 0 Å². The summed E-state index contributed by atoms with van der Waals surface area (Å²) in [5.74, 6) is 2.02. The number of hydrogen-bond donors (Lipinski definition) is 0. The summed E-state index contributed by atoms with van der Waals surface area (Å²) in [4.78, 5) is 4.24. The second kappa shape index (κ2) is 6.61. The SMILES string of the molecule is COc1cc(OC)c(OC)cc1/C=C/c1ccccn1. The number of aromatic nitrogens is 1. The molecule has 4 heteroatoms. The van der Waals surface area contributed by atoms with Crippen LogP contribution in [0.4, 0.5) is 0 Å². The molecule has 104 valence electrons. The minimum atomic E-state index is 0.638. The highest BCUT2D eigenvalue weighted by Gasteiger charge is 2.09. The Kier molecular flexibility index (Phi) is 4.60. The molecule has 0 N–H and O–H groups in total. The van der Waals surface area contributed by atoms with E-state index in [9.17, 15) is 0 Å². The molecule has 20 heavy (non-hydrogen) atoms. The second-order valence-corrected chi connectivity index (χ2v) is 4.04. The molecule has 2 aromatic rings. The first kappa shape index (κ1) is 13.9. The largest absolute Gasteiger partial charge is 0.496 e. The molecule has 0 saturated carbocycles. The zero-order valence-corrected chi connectivity index (χ0v) is 11.8. The molecule has 1 aromatic heterocycles. The van der Waals surface area contributed by atoms with E-state index in [0.717, 1.165) is 17.0 Å². The molecule has 0 radical (unpaired) electrons. The van der Waals surface area contributed by atoms with Gasteiger partial charge >= 0.3 is 0 Å². The van der Waals surface area contributed by atoms with Crippen LogP contribution in [0.1, 0.15) is 11.3 Å². The van der Waals surface area contributed by atoms with E-state index in [0.29, 0.717) is 11.5 Å². The summed E-state index contributed by atoms with van der Waals surface area (Å²) in [7, 11) is 4.83. The van der Waals surface area contributed by atoms with E-state index in [1.807, 2.05) is 36.4 Å². The molecule has 0 aliphatic heterocycles. The van der Waals surface area contributed by atoms with Gasteiger partial charge in [-0.1, -0.05) is 6.07 Å². The predicted octanol–water partition coefficient (Wildman–Crippen LogP) is 3.28. The standard InChI is InChI=1S/C16H17NO3/c1-18-14-11-16(20-3)15(19-2)10-12(14)7-8-13-6-4-5-9-17-13/h4-11H,1-3H3/b8-7+. The molecule has 0 fully saturated rings. The lowest BCUT2D eigenvalue weighted by Gasteiger charge is -2.12. The van der Waals surface area contributed by atoms with E-state index in [1.165, 1.54) is 0 Å². The second-order valence-electron chi connectivity index (χ2n) is 4.04. The Morgan fingerprint density at radius 2 is 1.55 bits per heavy atom. The maximum absolute atomic E-state index is 5.37. The van der Waals surface area contributed by atoms with Crippen molar-refractivity contribution in [1.29, 1.82) is 0 Å². The third kappa shape index (κ3) is 3.09. The van der Waals surface area contributed by atoms with Gasteiger partial charge < -0.3 is 14.2 Å². The maximum atomic E-state index is 5.37. The minimum absolute atomic E-state index is 0.638. The summed E-state index contributed by atoms with van der Waals surface area (Å²) in [6, 6.07) is 9.44. The maximum Gasteiger partial charge on any atom is 0.164 e. The first-order chi connectivity index (χ1) is 9.78. The van der Waals surface area contributed by atoms with Gasteiger partial charge in [-0.15, -0.1) is 0 Å².